The van der Waals surface area contributed by atoms with Gasteiger partial charge in [-0.3, -0.25) is 4.79 Å². The van der Waals surface area contributed by atoms with Crippen LogP contribution in [-0.4, -0.2) is 81.1 Å². The quantitative estimate of drug-likeness (QED) is 0.0900. The van der Waals surface area contributed by atoms with E-state index < -0.39 is 34.3 Å². The van der Waals surface area contributed by atoms with Gasteiger partial charge in [0.05, 0.1) is 26.2 Å². The van der Waals surface area contributed by atoms with Gasteiger partial charge in [0, 0.05) is 27.4 Å². The maximum absolute atomic E-state index is 13.8. The summed E-state index contributed by atoms with van der Waals surface area (Å²) in [6.07, 6.45) is -3.29. The molecule has 61 heavy (non-hydrogen) atoms. The predicted molar refractivity (Wildman–Crippen MR) is 218 cm³/mol. The number of aromatic hydroxyl groups is 1. The van der Waals surface area contributed by atoms with E-state index in [0.717, 1.165) is 74.5 Å². The van der Waals surface area contributed by atoms with Gasteiger partial charge >= 0.3 is 22.3 Å². The molecule has 0 saturated carbocycles. The molecular formula is C41H40ClF3N4O10S2. The number of piperidine rings is 1. The lowest BCUT2D eigenvalue weighted by atomic mass is 10.00. The molecule has 1 fully saturated rings. The number of nitrogens with one attached hydrogen (secondary N) is 3. The van der Waals surface area contributed by atoms with Gasteiger partial charge in [-0.25, -0.2) is 4.79 Å². The summed E-state index contributed by atoms with van der Waals surface area (Å²) in [5.41, 5.74) is 2.80. The molecule has 2 aliphatic heterocycles. The number of urea groups is 1. The Hall–Kier alpha value is -5.76. The molecule has 3 heterocycles. The van der Waals surface area contributed by atoms with Gasteiger partial charge in [0.2, 0.25) is 12.7 Å². The molecule has 1 saturated heterocycles. The number of fused-ring (bicyclic) bond motifs is 2. The normalized spacial score (nSPS) is 17.7. The lowest BCUT2D eigenvalue weighted by molar-refractivity contribution is -0.927. The zero-order valence-electron chi connectivity index (χ0n) is 32.6. The van der Waals surface area contributed by atoms with Crippen molar-refractivity contribution >= 4 is 66.7 Å². The fraction of sp³-hybridized carbons (Fsp3) is 0.293. The summed E-state index contributed by atoms with van der Waals surface area (Å²) < 4.78 is 76.0. The van der Waals surface area contributed by atoms with Gasteiger partial charge in [0.15, 0.2) is 15.7 Å². The highest BCUT2D eigenvalue weighted by Crippen LogP contribution is 2.37. The van der Waals surface area contributed by atoms with Crippen molar-refractivity contribution in [1.82, 2.24) is 10.6 Å². The van der Waals surface area contributed by atoms with Gasteiger partial charge in [-0.1, -0.05) is 29.8 Å². The molecule has 3 atom stereocenters. The number of hydrogen-bond donors (Lipinski definition) is 4. The number of likely N-dealkylation sites (tertiary alicyclic amines) is 1. The zero-order valence-corrected chi connectivity index (χ0v) is 35.0. The molecule has 5 aromatic rings. The fourth-order valence-electron chi connectivity index (χ4n) is 7.05. The molecule has 1 aromatic heterocycles. The standard InChI is InChI=1S/C39H39ClN4O8S2.C2HF3O2/c1-24-32-15-8-27(40)20-36(32)53-38(24)54(48,49)52-31-13-9-28(10-14-31)42-39(47)43-33(18-25-5-11-30(45)12-6-25)37(46)41-29-4-3-17-44(2,22-29)21-26-7-16-34-35(19-26)51-23-50-34;3-2(4,5)1(6)7/h5-16,19-20,29,33H,3-4,17-18,21-23H2,1-2H3,(H3-,41,42,43,45,46,47);(H,6,7)/t29-,33-,44?;/m0./s1. The van der Waals surface area contributed by atoms with Crippen LogP contribution in [0.4, 0.5) is 23.7 Å². The minimum Gasteiger partial charge on any atom is -0.542 e. The monoisotopic (exact) mass is 904 g/mol. The number of aryl methyl sites for hydroxylation is 1. The number of benzene rings is 4. The number of rotatable bonds is 11. The minimum absolute atomic E-state index is 0.0665. The van der Waals surface area contributed by atoms with Gasteiger partial charge in [-0.2, -0.15) is 21.6 Å². The topological polar surface area (TPSA) is 192 Å². The molecule has 324 valence electrons. The van der Waals surface area contributed by atoms with Crippen molar-refractivity contribution in [3.05, 3.63) is 107 Å². The van der Waals surface area contributed by atoms with Crippen molar-refractivity contribution in [3.63, 3.8) is 0 Å². The van der Waals surface area contributed by atoms with Crippen molar-refractivity contribution in [1.29, 1.82) is 0 Å². The Morgan fingerprint density at radius 2 is 1.67 bits per heavy atom. The first-order valence-electron chi connectivity index (χ1n) is 18.7. The number of phenolic OH excluding ortho intramolecular Hbond substituents is 1. The number of hydrogen-bond acceptors (Lipinski definition) is 11. The largest absolute Gasteiger partial charge is 0.542 e. The van der Waals surface area contributed by atoms with Crippen LogP contribution >= 0.6 is 22.9 Å². The Morgan fingerprint density at radius 1 is 1.00 bits per heavy atom. The maximum Gasteiger partial charge on any atom is 0.430 e. The van der Waals surface area contributed by atoms with Crippen molar-refractivity contribution in [3.8, 4) is 23.0 Å². The Kier molecular flexibility index (Phi) is 13.6. The number of amides is 3. The van der Waals surface area contributed by atoms with Gasteiger partial charge in [-0.15, -0.1) is 11.3 Å². The number of quaternary nitrogens is 1. The van der Waals surface area contributed by atoms with Gasteiger partial charge in [-0.05, 0) is 103 Å². The number of phenols is 1. The lowest BCUT2D eigenvalue weighted by Gasteiger charge is -2.42. The molecule has 4 aromatic carbocycles. The zero-order chi connectivity index (χ0) is 44.1. The number of ether oxygens (including phenoxy) is 2. The van der Waals surface area contributed by atoms with Crippen LogP contribution in [0, 0.1) is 6.92 Å². The first kappa shape index (κ1) is 44.8. The third kappa shape index (κ3) is 11.7. The van der Waals surface area contributed by atoms with Crippen molar-refractivity contribution in [2.75, 3.05) is 32.2 Å². The number of thiophene rings is 1. The van der Waals surface area contributed by atoms with E-state index in [2.05, 4.69) is 23.0 Å². The Bertz CT molecular complexity index is 2520. The number of carbonyl (C=O) groups is 3. The van der Waals surface area contributed by atoms with E-state index in [9.17, 15) is 36.3 Å². The molecule has 20 heteroatoms. The summed E-state index contributed by atoms with van der Waals surface area (Å²) in [6, 6.07) is 21.9. The summed E-state index contributed by atoms with van der Waals surface area (Å²) >= 11 is 7.18. The number of anilines is 1. The van der Waals surface area contributed by atoms with Crippen LogP contribution in [0.15, 0.2) is 89.1 Å². The molecule has 1 unspecified atom stereocenters. The Labute approximate surface area is 357 Å². The Morgan fingerprint density at radius 3 is 2.36 bits per heavy atom. The molecule has 0 radical (unpaired) electrons. The molecule has 0 aliphatic carbocycles. The third-order valence-electron chi connectivity index (χ3n) is 9.89. The number of carboxylic acids is 1. The van der Waals surface area contributed by atoms with E-state index in [-0.39, 0.29) is 40.9 Å². The van der Waals surface area contributed by atoms with Gasteiger partial charge < -0.3 is 49.1 Å². The van der Waals surface area contributed by atoms with Crippen LogP contribution < -0.4 is 34.7 Å². The second-order valence-electron chi connectivity index (χ2n) is 14.7. The van der Waals surface area contributed by atoms with Crippen molar-refractivity contribution in [2.24, 2.45) is 0 Å². The predicted octanol–water partition coefficient (Wildman–Crippen LogP) is 6.02. The summed E-state index contributed by atoms with van der Waals surface area (Å²) in [5, 5.41) is 28.6. The van der Waals surface area contributed by atoms with Crippen LogP contribution in [0.2, 0.25) is 5.02 Å². The second kappa shape index (κ2) is 18.5. The molecule has 2 aliphatic rings. The molecule has 0 bridgehead atoms. The van der Waals surface area contributed by atoms with E-state index in [4.69, 9.17) is 35.2 Å². The highest BCUT2D eigenvalue weighted by Gasteiger charge is 2.34. The van der Waals surface area contributed by atoms with E-state index in [1.807, 2.05) is 18.2 Å². The number of carboxylic acid groups (broad SMARTS) is 1. The number of nitrogens with zero attached hydrogens (tertiary/aromatic N) is 1. The molecule has 7 rings (SSSR count). The van der Waals surface area contributed by atoms with Gasteiger partial charge in [0.1, 0.15) is 30.1 Å². The van der Waals surface area contributed by atoms with Crippen LogP contribution in [0.25, 0.3) is 10.1 Å². The third-order valence-corrected chi connectivity index (χ3v) is 13.2. The summed E-state index contributed by atoms with van der Waals surface area (Å²) in [5.74, 6) is -1.69. The smallest absolute Gasteiger partial charge is 0.430 e. The average molecular weight is 905 g/mol. The van der Waals surface area contributed by atoms with E-state index in [0.29, 0.717) is 22.8 Å². The van der Waals surface area contributed by atoms with E-state index >= 15 is 0 Å². The molecule has 0 spiro atoms. The van der Waals surface area contributed by atoms with Crippen molar-refractivity contribution < 1.29 is 64.3 Å². The number of alkyl halides is 3. The maximum atomic E-state index is 13.8. The van der Waals surface area contributed by atoms with Crippen LogP contribution in [0.3, 0.4) is 0 Å². The van der Waals surface area contributed by atoms with Crippen molar-refractivity contribution in [2.45, 2.75) is 55.2 Å². The van der Waals surface area contributed by atoms with Gasteiger partial charge in [0.25, 0.3) is 0 Å². The molecule has 3 amide bonds. The summed E-state index contributed by atoms with van der Waals surface area (Å²) in [6.45, 7) is 4.36. The minimum atomic E-state index is -5.19. The van der Waals surface area contributed by atoms with Crippen LogP contribution in [0.1, 0.15) is 29.5 Å². The highest BCUT2D eigenvalue weighted by molar-refractivity contribution is 7.89. The number of likely N-dealkylation sites (N-methyl/N-ethyl adjacent to an activating group) is 1. The second-order valence-corrected chi connectivity index (χ2v) is 18.0. The number of halogens is 4. The fourth-order valence-corrected chi connectivity index (χ4v) is 9.97. The molecule has 14 nitrogen and oxygen atoms in total. The van der Waals surface area contributed by atoms with E-state index in [1.54, 1.807) is 37.3 Å². The number of aliphatic carboxylic acids is 1. The summed E-state index contributed by atoms with van der Waals surface area (Å²) in [4.78, 5) is 35.9. The SMILES string of the molecule is Cc1c(S(=O)(=O)Oc2ccc(NC(=O)N[C@@H](Cc3ccc(O)cc3)C(=O)N[C@H]3CCC[N+](C)(Cc4ccc5c(c4)OCO5)C3)cc2)sc2cc(Cl)ccc12.O=C([O-])C(F)(F)F. The van der Waals surface area contributed by atoms with E-state index in [1.165, 1.54) is 36.4 Å². The highest BCUT2D eigenvalue weighted by atomic mass is 35.5. The molecular weight excluding hydrogens is 865 g/mol. The van der Waals surface area contributed by atoms with Crippen LogP contribution in [0.5, 0.6) is 23.0 Å². The first-order valence-corrected chi connectivity index (χ1v) is 21.3. The summed E-state index contributed by atoms with van der Waals surface area (Å²) in [7, 11) is -1.97. The Balaban J connectivity index is 0.000000819. The lowest BCUT2D eigenvalue weighted by Crippen LogP contribution is -2.59. The number of carbonyl (C=O) groups excluding carboxylic acids is 3. The first-order chi connectivity index (χ1) is 28.8. The van der Waals surface area contributed by atoms with Crippen LogP contribution in [-0.2, 0) is 32.7 Å². The average Bonchev–Trinajstić information content (AvgIpc) is 3.79. The molecule has 4 N–H and O–H groups in total.